The van der Waals surface area contributed by atoms with Crippen LogP contribution in [-0.4, -0.2) is 34.3 Å². The van der Waals surface area contributed by atoms with E-state index >= 15 is 0 Å². The van der Waals surface area contributed by atoms with E-state index in [9.17, 15) is 0 Å². The highest BCUT2D eigenvalue weighted by Crippen LogP contribution is 2.35. The first-order valence-corrected chi connectivity index (χ1v) is 13.7. The summed E-state index contributed by atoms with van der Waals surface area (Å²) in [4.78, 5) is 4.77. The Kier molecular flexibility index (Phi) is 9.06. The molecule has 0 aliphatic heterocycles. The average Bonchev–Trinajstić information content (AvgIpc) is 3.31. The molecule has 0 N–H and O–H groups in total. The van der Waals surface area contributed by atoms with Crippen LogP contribution in [0.4, 0.5) is 0 Å². The van der Waals surface area contributed by atoms with Gasteiger partial charge in [-0.25, -0.2) is 0 Å². The predicted octanol–water partition coefficient (Wildman–Crippen LogP) is 6.73. The largest absolute Gasteiger partial charge is 0.473 e. The molecule has 2 aromatic heterocycles. The van der Waals surface area contributed by atoms with Gasteiger partial charge in [-0.05, 0) is 42.7 Å². The predicted molar refractivity (Wildman–Crippen MR) is 156 cm³/mol. The third-order valence-corrected chi connectivity index (χ3v) is 6.56. The Balaban J connectivity index is 1.46. The van der Waals surface area contributed by atoms with Crippen LogP contribution in [0.2, 0.25) is 0 Å². The van der Waals surface area contributed by atoms with Gasteiger partial charge in [0.25, 0.3) is 0 Å². The van der Waals surface area contributed by atoms with E-state index in [0.29, 0.717) is 44.6 Å². The quantitative estimate of drug-likeness (QED) is 0.155. The van der Waals surface area contributed by atoms with Crippen LogP contribution >= 0.6 is 0 Å². The lowest BCUT2D eigenvalue weighted by Gasteiger charge is -2.17. The Morgan fingerprint density at radius 1 is 0.725 bits per heavy atom. The second kappa shape index (κ2) is 13.2. The fourth-order valence-electron chi connectivity index (χ4n) is 4.61. The fraction of sp³-hybridized carbons (Fsp3) is 0.273. The minimum atomic E-state index is -0.272. The number of hydrogen-bond acceptors (Lipinski definition) is 6. The number of pyridine rings is 1. The van der Waals surface area contributed by atoms with E-state index in [4.69, 9.17) is 29.0 Å². The summed E-state index contributed by atoms with van der Waals surface area (Å²) in [6.45, 7) is 5.97. The monoisotopic (exact) mass is 537 g/mol. The first-order chi connectivity index (χ1) is 19.6. The molecule has 0 radical (unpaired) electrons. The molecule has 0 fully saturated rings. The molecule has 0 saturated heterocycles. The minimum absolute atomic E-state index is 0.272. The summed E-state index contributed by atoms with van der Waals surface area (Å²) >= 11 is 0. The maximum Gasteiger partial charge on any atom is 0.226 e. The van der Waals surface area contributed by atoms with Crippen molar-refractivity contribution in [3.05, 3.63) is 108 Å². The standard InChI is InChI=1S/C33H35N3O4/c1-4-37-31(38-5-2)21-26-16-17-27-29(20-26)36(3)35-32(27)28-18-19-30(39-22-24-12-8-6-9-13-24)34-33(28)40-23-25-14-10-7-11-15-25/h6-20,31H,4-5,21-23H2,1-3H3. The number of aromatic nitrogens is 3. The van der Waals surface area contributed by atoms with Gasteiger partial charge in [-0.1, -0.05) is 72.8 Å². The molecule has 3 aromatic carbocycles. The molecule has 206 valence electrons. The SMILES string of the molecule is CCOC(Cc1ccc2c(-c3ccc(OCc4ccccc4)nc3OCc3ccccc3)nn(C)c2c1)OCC. The third kappa shape index (κ3) is 6.68. The molecule has 0 unspecified atom stereocenters. The molecule has 0 saturated carbocycles. The van der Waals surface area contributed by atoms with Crippen molar-refractivity contribution in [3.63, 3.8) is 0 Å². The van der Waals surface area contributed by atoms with E-state index < -0.39 is 0 Å². The van der Waals surface area contributed by atoms with Gasteiger partial charge in [-0.3, -0.25) is 4.68 Å². The van der Waals surface area contributed by atoms with Crippen molar-refractivity contribution in [2.75, 3.05) is 13.2 Å². The topological polar surface area (TPSA) is 67.6 Å². The third-order valence-electron chi connectivity index (χ3n) is 6.56. The Labute approximate surface area is 235 Å². The van der Waals surface area contributed by atoms with Gasteiger partial charge < -0.3 is 18.9 Å². The van der Waals surface area contributed by atoms with E-state index in [1.807, 2.05) is 98.4 Å². The normalized spacial score (nSPS) is 11.3. The van der Waals surface area contributed by atoms with Crippen LogP contribution in [-0.2, 0) is 36.2 Å². The molecular formula is C33H35N3O4. The van der Waals surface area contributed by atoms with Crippen LogP contribution in [0.15, 0.2) is 91.0 Å². The van der Waals surface area contributed by atoms with Crippen LogP contribution in [0.3, 0.4) is 0 Å². The van der Waals surface area contributed by atoms with Gasteiger partial charge in [0.1, 0.15) is 18.9 Å². The van der Waals surface area contributed by atoms with Gasteiger partial charge in [-0.2, -0.15) is 10.1 Å². The summed E-state index contributed by atoms with van der Waals surface area (Å²) in [6.07, 6.45) is 0.393. The van der Waals surface area contributed by atoms with Crippen molar-refractivity contribution in [1.29, 1.82) is 0 Å². The lowest BCUT2D eigenvalue weighted by Crippen LogP contribution is -2.20. The van der Waals surface area contributed by atoms with Crippen molar-refractivity contribution in [1.82, 2.24) is 14.8 Å². The number of benzene rings is 3. The molecule has 0 atom stereocenters. The Hall–Kier alpha value is -4.20. The van der Waals surface area contributed by atoms with Gasteiger partial charge in [0, 0.05) is 38.1 Å². The lowest BCUT2D eigenvalue weighted by molar-refractivity contribution is -0.134. The van der Waals surface area contributed by atoms with Crippen molar-refractivity contribution < 1.29 is 18.9 Å². The summed E-state index contributed by atoms with van der Waals surface area (Å²) in [5.74, 6) is 0.974. The summed E-state index contributed by atoms with van der Waals surface area (Å²) in [6, 6.07) is 30.3. The number of nitrogens with zero attached hydrogens (tertiary/aromatic N) is 3. The van der Waals surface area contributed by atoms with Gasteiger partial charge >= 0.3 is 0 Å². The van der Waals surface area contributed by atoms with E-state index in [0.717, 1.165) is 38.9 Å². The zero-order valence-electron chi connectivity index (χ0n) is 23.2. The number of aryl methyl sites for hydroxylation is 1. The molecule has 2 heterocycles. The van der Waals surface area contributed by atoms with E-state index in [1.165, 1.54) is 0 Å². The molecular weight excluding hydrogens is 502 g/mol. The summed E-state index contributed by atoms with van der Waals surface area (Å²) in [5.41, 5.74) is 5.88. The summed E-state index contributed by atoms with van der Waals surface area (Å²) in [5, 5.41) is 5.90. The molecule has 40 heavy (non-hydrogen) atoms. The second-order valence-electron chi connectivity index (χ2n) is 9.42. The Morgan fingerprint density at radius 3 is 2.02 bits per heavy atom. The van der Waals surface area contributed by atoms with Crippen molar-refractivity contribution in [3.8, 4) is 23.0 Å². The molecule has 0 bridgehead atoms. The number of ether oxygens (including phenoxy) is 4. The zero-order valence-corrected chi connectivity index (χ0v) is 23.2. The molecule has 7 nitrogen and oxygen atoms in total. The van der Waals surface area contributed by atoms with Gasteiger partial charge in [0.2, 0.25) is 11.8 Å². The maximum absolute atomic E-state index is 6.29. The summed E-state index contributed by atoms with van der Waals surface area (Å²) < 4.78 is 25.7. The van der Waals surface area contributed by atoms with Gasteiger partial charge in [-0.15, -0.1) is 0 Å². The minimum Gasteiger partial charge on any atom is -0.473 e. The second-order valence-corrected chi connectivity index (χ2v) is 9.42. The number of rotatable bonds is 13. The van der Waals surface area contributed by atoms with Gasteiger partial charge in [0.05, 0.1) is 11.1 Å². The van der Waals surface area contributed by atoms with Crippen molar-refractivity contribution in [2.45, 2.75) is 39.8 Å². The smallest absolute Gasteiger partial charge is 0.226 e. The van der Waals surface area contributed by atoms with Crippen LogP contribution in [0.5, 0.6) is 11.8 Å². The van der Waals surface area contributed by atoms with Crippen molar-refractivity contribution in [2.24, 2.45) is 7.05 Å². The average molecular weight is 538 g/mol. The lowest BCUT2D eigenvalue weighted by atomic mass is 10.1. The van der Waals surface area contributed by atoms with Crippen molar-refractivity contribution >= 4 is 10.9 Å². The maximum atomic E-state index is 6.29. The molecule has 0 aliphatic rings. The van der Waals surface area contributed by atoms with E-state index in [1.54, 1.807) is 0 Å². The Morgan fingerprint density at radius 2 is 1.38 bits per heavy atom. The molecule has 0 aliphatic carbocycles. The Bertz CT molecular complexity index is 1510. The molecule has 0 amide bonds. The number of fused-ring (bicyclic) bond motifs is 1. The first-order valence-electron chi connectivity index (χ1n) is 13.7. The summed E-state index contributed by atoms with van der Waals surface area (Å²) in [7, 11) is 1.95. The molecule has 7 heteroatoms. The number of hydrogen-bond donors (Lipinski definition) is 0. The van der Waals surface area contributed by atoms with Crippen LogP contribution in [0.1, 0.15) is 30.5 Å². The van der Waals surface area contributed by atoms with Crippen LogP contribution in [0, 0.1) is 0 Å². The van der Waals surface area contributed by atoms with Gasteiger partial charge in [0.15, 0.2) is 6.29 Å². The first kappa shape index (κ1) is 27.4. The van der Waals surface area contributed by atoms with E-state index in [2.05, 4.69) is 18.2 Å². The highest BCUT2D eigenvalue weighted by atomic mass is 16.7. The van der Waals surface area contributed by atoms with E-state index in [-0.39, 0.29) is 6.29 Å². The highest BCUT2D eigenvalue weighted by Gasteiger charge is 2.19. The van der Waals surface area contributed by atoms with Crippen LogP contribution in [0.25, 0.3) is 22.2 Å². The van der Waals surface area contributed by atoms with Crippen LogP contribution < -0.4 is 9.47 Å². The molecule has 0 spiro atoms. The fourth-order valence-corrected chi connectivity index (χ4v) is 4.61. The molecule has 5 rings (SSSR count). The molecule has 5 aromatic rings. The highest BCUT2D eigenvalue weighted by molar-refractivity contribution is 5.94. The zero-order chi connectivity index (χ0) is 27.7.